The molecule has 3 aromatic rings. The molecule has 0 atom stereocenters. The molecule has 5 rings (SSSR count). The zero-order valence-corrected chi connectivity index (χ0v) is 23.4. The van der Waals surface area contributed by atoms with E-state index in [1.165, 1.54) is 27.8 Å². The van der Waals surface area contributed by atoms with Crippen molar-refractivity contribution in [3.05, 3.63) is 54.3 Å². The van der Waals surface area contributed by atoms with E-state index in [9.17, 15) is 17.6 Å². The zero-order chi connectivity index (χ0) is 25.8. The highest BCUT2D eigenvalue weighted by atomic mass is 35.5. The fourth-order valence-electron chi connectivity index (χ4n) is 4.87. The Morgan fingerprint density at radius 3 is 2.42 bits per heavy atom. The number of carbonyl (C=O) groups is 1. The second-order valence-electron chi connectivity index (χ2n) is 9.39. The summed E-state index contributed by atoms with van der Waals surface area (Å²) in [6, 6.07) is 12.7. The summed E-state index contributed by atoms with van der Waals surface area (Å²) in [6.45, 7) is 5.21. The van der Waals surface area contributed by atoms with E-state index in [0.717, 1.165) is 61.6 Å². The first-order valence-corrected chi connectivity index (χ1v) is 14.9. The molecule has 3 heterocycles. The third-order valence-electron chi connectivity index (χ3n) is 6.99. The Morgan fingerprint density at radius 1 is 1.05 bits per heavy atom. The number of aromatic nitrogens is 1. The van der Waals surface area contributed by atoms with Crippen LogP contribution in [0, 0.1) is 11.7 Å². The van der Waals surface area contributed by atoms with E-state index in [1.807, 2.05) is 24.3 Å². The van der Waals surface area contributed by atoms with E-state index in [4.69, 9.17) is 9.72 Å². The highest BCUT2D eigenvalue weighted by molar-refractivity contribution is 7.89. The molecule has 2 fully saturated rings. The Hall–Kier alpha value is -2.15. The number of morpholine rings is 1. The zero-order valence-electron chi connectivity index (χ0n) is 21.0. The lowest BCUT2D eigenvalue weighted by Crippen LogP contribution is -2.45. The van der Waals surface area contributed by atoms with Gasteiger partial charge in [-0.15, -0.1) is 12.4 Å². The molecule has 8 nitrogen and oxygen atoms in total. The number of ether oxygens (including phenoxy) is 1. The van der Waals surface area contributed by atoms with E-state index in [0.29, 0.717) is 24.5 Å². The number of amides is 1. The maximum Gasteiger partial charge on any atom is 0.243 e. The molecule has 1 aromatic heterocycles. The van der Waals surface area contributed by atoms with E-state index in [2.05, 4.69) is 4.90 Å². The van der Waals surface area contributed by atoms with Crippen molar-refractivity contribution >= 4 is 55.0 Å². The summed E-state index contributed by atoms with van der Waals surface area (Å²) in [5.41, 5.74) is 0.869. The minimum absolute atomic E-state index is 0. The van der Waals surface area contributed by atoms with Crippen LogP contribution < -0.4 is 4.90 Å². The lowest BCUT2D eigenvalue weighted by atomic mass is 9.96. The Morgan fingerprint density at radius 2 is 1.74 bits per heavy atom. The van der Waals surface area contributed by atoms with Crippen LogP contribution in [0.3, 0.4) is 0 Å². The molecule has 206 valence electrons. The number of piperidine rings is 1. The summed E-state index contributed by atoms with van der Waals surface area (Å²) >= 11 is 1.51. The highest BCUT2D eigenvalue weighted by Crippen LogP contribution is 2.32. The molecule has 1 amide bonds. The van der Waals surface area contributed by atoms with Crippen molar-refractivity contribution in [2.24, 2.45) is 5.92 Å². The van der Waals surface area contributed by atoms with Crippen molar-refractivity contribution in [3.63, 3.8) is 0 Å². The number of hydrogen-bond donors (Lipinski definition) is 0. The minimum Gasteiger partial charge on any atom is -0.379 e. The number of nitrogens with zero attached hydrogens (tertiary/aromatic N) is 4. The van der Waals surface area contributed by atoms with Crippen LogP contribution in [0.5, 0.6) is 0 Å². The molecule has 12 heteroatoms. The maximum atomic E-state index is 13.8. The van der Waals surface area contributed by atoms with Crippen LogP contribution >= 0.6 is 23.7 Å². The lowest BCUT2D eigenvalue weighted by Gasteiger charge is -2.33. The van der Waals surface area contributed by atoms with Crippen LogP contribution in [-0.4, -0.2) is 81.0 Å². The quantitative estimate of drug-likeness (QED) is 0.399. The van der Waals surface area contributed by atoms with E-state index in [1.54, 1.807) is 4.90 Å². The molecular formula is C26H32ClFN4O4S2. The molecule has 0 bridgehead atoms. The van der Waals surface area contributed by atoms with Gasteiger partial charge >= 0.3 is 0 Å². The largest absolute Gasteiger partial charge is 0.379 e. The van der Waals surface area contributed by atoms with Crippen molar-refractivity contribution in [1.82, 2.24) is 14.2 Å². The maximum absolute atomic E-state index is 13.8. The topological polar surface area (TPSA) is 83.1 Å². The van der Waals surface area contributed by atoms with Gasteiger partial charge in [0.05, 0.1) is 28.3 Å². The van der Waals surface area contributed by atoms with Crippen LogP contribution in [0.15, 0.2) is 53.4 Å². The number of hydrogen-bond acceptors (Lipinski definition) is 7. The molecule has 0 N–H and O–H groups in total. The number of sulfonamides is 1. The Bertz CT molecular complexity index is 1290. The molecule has 2 aromatic carbocycles. The van der Waals surface area contributed by atoms with Crippen LogP contribution in [0.2, 0.25) is 0 Å². The van der Waals surface area contributed by atoms with E-state index >= 15 is 0 Å². The van der Waals surface area contributed by atoms with Crippen LogP contribution in [0.25, 0.3) is 10.2 Å². The van der Waals surface area contributed by atoms with Crippen molar-refractivity contribution in [1.29, 1.82) is 0 Å². The highest BCUT2D eigenvalue weighted by Gasteiger charge is 2.35. The fourth-order valence-corrected chi connectivity index (χ4v) is 7.34. The van der Waals surface area contributed by atoms with E-state index < -0.39 is 15.8 Å². The predicted molar refractivity (Wildman–Crippen MR) is 149 cm³/mol. The van der Waals surface area contributed by atoms with Gasteiger partial charge in [-0.1, -0.05) is 23.5 Å². The smallest absolute Gasteiger partial charge is 0.243 e. The van der Waals surface area contributed by atoms with Crippen molar-refractivity contribution in [2.75, 3.05) is 57.4 Å². The summed E-state index contributed by atoms with van der Waals surface area (Å²) in [5.74, 6) is -0.762. The van der Waals surface area contributed by atoms with Gasteiger partial charge in [-0.3, -0.25) is 14.6 Å². The SMILES string of the molecule is Cl.O=C(C1CCN(S(=O)(=O)c2ccc(F)cc2)CC1)N(CCCN1CCOCC1)c1nc2ccccc2s1. The molecule has 38 heavy (non-hydrogen) atoms. The van der Waals surface area contributed by atoms with Gasteiger partial charge in [0.25, 0.3) is 0 Å². The summed E-state index contributed by atoms with van der Waals surface area (Å²) in [4.78, 5) is 22.7. The first-order chi connectivity index (χ1) is 17.9. The van der Waals surface area contributed by atoms with Crippen molar-refractivity contribution in [3.8, 4) is 0 Å². The van der Waals surface area contributed by atoms with Crippen molar-refractivity contribution in [2.45, 2.75) is 24.2 Å². The normalized spacial score (nSPS) is 17.8. The van der Waals surface area contributed by atoms with Gasteiger partial charge < -0.3 is 4.74 Å². The number of halogens is 2. The van der Waals surface area contributed by atoms with Gasteiger partial charge in [-0.25, -0.2) is 17.8 Å². The van der Waals surface area contributed by atoms with Gasteiger partial charge in [0.15, 0.2) is 5.13 Å². The number of carbonyl (C=O) groups excluding carboxylic acids is 1. The lowest BCUT2D eigenvalue weighted by molar-refractivity contribution is -0.123. The third-order valence-corrected chi connectivity index (χ3v) is 9.97. The molecule has 2 saturated heterocycles. The summed E-state index contributed by atoms with van der Waals surface area (Å²) < 4.78 is 47.1. The molecular weight excluding hydrogens is 551 g/mol. The summed E-state index contributed by atoms with van der Waals surface area (Å²) in [6.07, 6.45) is 1.69. The van der Waals surface area contributed by atoms with Crippen LogP contribution in [0.1, 0.15) is 19.3 Å². The Balaban J connectivity index is 0.00000336. The first-order valence-electron chi connectivity index (χ1n) is 12.6. The van der Waals surface area contributed by atoms with Crippen LogP contribution in [-0.2, 0) is 19.6 Å². The number of thiazole rings is 1. The molecule has 0 unspecified atom stereocenters. The minimum atomic E-state index is -3.73. The van der Waals surface area contributed by atoms with E-state index in [-0.39, 0.29) is 42.2 Å². The van der Waals surface area contributed by atoms with Gasteiger partial charge in [0.2, 0.25) is 15.9 Å². The third kappa shape index (κ3) is 6.52. The van der Waals surface area contributed by atoms with Gasteiger partial charge in [-0.05, 0) is 55.7 Å². The van der Waals surface area contributed by atoms with Crippen molar-refractivity contribution < 1.29 is 22.3 Å². The Kier molecular flexibility index (Phi) is 9.72. The molecule has 2 aliphatic rings. The monoisotopic (exact) mass is 582 g/mol. The molecule has 0 spiro atoms. The molecule has 2 aliphatic heterocycles. The predicted octanol–water partition coefficient (Wildman–Crippen LogP) is 4.01. The number of anilines is 1. The molecule has 0 saturated carbocycles. The summed E-state index contributed by atoms with van der Waals surface area (Å²) in [5, 5.41) is 0.689. The average molecular weight is 583 g/mol. The molecule has 0 aliphatic carbocycles. The fraction of sp³-hybridized carbons (Fsp3) is 0.462. The number of fused-ring (bicyclic) bond motifs is 1. The second kappa shape index (κ2) is 12.8. The average Bonchev–Trinajstić information content (AvgIpc) is 3.36. The standard InChI is InChI=1S/C26H31FN4O4S2.ClH/c27-21-6-8-22(9-7-21)37(33,34)30-14-10-20(11-15-30)25(32)31(13-3-12-29-16-18-35-19-17-29)26-28-23-4-1-2-5-24(23)36-26;/h1-2,4-9,20H,3,10-19H2;1H. The van der Waals surface area contributed by atoms with Gasteiger partial charge in [0, 0.05) is 45.2 Å². The number of benzene rings is 2. The number of rotatable bonds is 8. The van der Waals surface area contributed by atoms with Gasteiger partial charge in [-0.2, -0.15) is 4.31 Å². The second-order valence-corrected chi connectivity index (χ2v) is 12.3. The van der Waals surface area contributed by atoms with Crippen LogP contribution in [0.4, 0.5) is 9.52 Å². The number of para-hydroxylation sites is 1. The van der Waals surface area contributed by atoms with Gasteiger partial charge in [0.1, 0.15) is 5.82 Å². The molecule has 0 radical (unpaired) electrons. The summed E-state index contributed by atoms with van der Waals surface area (Å²) in [7, 11) is -3.73. The Labute approximate surface area is 232 Å². The first kappa shape index (κ1) is 28.8.